The fraction of sp³-hybridized carbons (Fsp3) is 0.684. The summed E-state index contributed by atoms with van der Waals surface area (Å²) in [6.07, 6.45) is -3.48. The van der Waals surface area contributed by atoms with Gasteiger partial charge in [0.05, 0.1) is 16.1 Å². The number of rotatable bonds is 4. The second kappa shape index (κ2) is 7.80. The Bertz CT molecular complexity index is 891. The van der Waals surface area contributed by atoms with Crippen molar-refractivity contribution >= 4 is 15.5 Å². The first-order chi connectivity index (χ1) is 13.7. The fourth-order valence-corrected chi connectivity index (χ4v) is 5.98. The molecule has 0 spiro atoms. The molecule has 11 heteroatoms. The molecule has 3 rings (SSSR count). The van der Waals surface area contributed by atoms with Crippen LogP contribution in [0.5, 0.6) is 5.75 Å². The molecule has 1 fully saturated rings. The van der Waals surface area contributed by atoms with E-state index in [1.807, 2.05) is 0 Å². The molecule has 1 N–H and O–H groups in total. The minimum atomic E-state index is -4.95. The van der Waals surface area contributed by atoms with Gasteiger partial charge in [-0.1, -0.05) is 12.8 Å². The second-order valence-corrected chi connectivity index (χ2v) is 10.2. The van der Waals surface area contributed by atoms with Crippen LogP contribution in [0.4, 0.5) is 32.0 Å². The molecule has 30 heavy (non-hydrogen) atoms. The maximum atomic E-state index is 15.1. The van der Waals surface area contributed by atoms with Gasteiger partial charge in [0.1, 0.15) is 5.75 Å². The lowest BCUT2D eigenvalue weighted by atomic mass is 9.99. The summed E-state index contributed by atoms with van der Waals surface area (Å²) in [5.41, 5.74) is -4.32. The molecular weight excluding hydrogens is 436 g/mol. The van der Waals surface area contributed by atoms with Gasteiger partial charge in [0, 0.05) is 31.0 Å². The lowest BCUT2D eigenvalue weighted by Gasteiger charge is -2.33. The Labute approximate surface area is 170 Å². The molecule has 0 aromatic heterocycles. The molecule has 1 aromatic rings. The molecule has 2 atom stereocenters. The maximum absolute atomic E-state index is 15.1. The van der Waals surface area contributed by atoms with Crippen molar-refractivity contribution in [1.29, 1.82) is 0 Å². The van der Waals surface area contributed by atoms with Crippen molar-refractivity contribution in [3.63, 3.8) is 0 Å². The third kappa shape index (κ3) is 4.50. The number of fused-ring (bicyclic) bond motifs is 1. The predicted molar refractivity (Wildman–Crippen MR) is 98.1 cm³/mol. The Morgan fingerprint density at radius 3 is 2.27 bits per heavy atom. The molecule has 1 aromatic carbocycles. The number of anilines is 1. The van der Waals surface area contributed by atoms with E-state index in [-0.39, 0.29) is 18.3 Å². The highest BCUT2D eigenvalue weighted by Gasteiger charge is 2.46. The Hall–Kier alpha value is -1.65. The van der Waals surface area contributed by atoms with Crippen LogP contribution in [-0.4, -0.2) is 37.5 Å². The number of phenols is 1. The van der Waals surface area contributed by atoms with Crippen LogP contribution in [-0.2, 0) is 16.0 Å². The topological polar surface area (TPSA) is 57.6 Å². The quantitative estimate of drug-likeness (QED) is 0.622. The first kappa shape index (κ1) is 23.0. The summed E-state index contributed by atoms with van der Waals surface area (Å²) in [7, 11) is -4.80. The lowest BCUT2D eigenvalue weighted by molar-refractivity contribution is -0.138. The zero-order chi connectivity index (χ0) is 22.5. The van der Waals surface area contributed by atoms with Gasteiger partial charge < -0.3 is 10.0 Å². The summed E-state index contributed by atoms with van der Waals surface area (Å²) in [6, 6.07) is 0.627. The molecule has 1 aliphatic carbocycles. The van der Waals surface area contributed by atoms with E-state index in [9.17, 15) is 35.5 Å². The summed E-state index contributed by atoms with van der Waals surface area (Å²) < 4.78 is 108. The highest BCUT2D eigenvalue weighted by Crippen LogP contribution is 2.46. The van der Waals surface area contributed by atoms with Crippen LogP contribution in [0, 0.1) is 5.92 Å². The van der Waals surface area contributed by atoms with Crippen molar-refractivity contribution in [2.45, 2.75) is 74.0 Å². The molecule has 1 saturated carbocycles. The summed E-state index contributed by atoms with van der Waals surface area (Å²) >= 11 is 0. The van der Waals surface area contributed by atoms with Gasteiger partial charge in [-0.3, -0.25) is 0 Å². The van der Waals surface area contributed by atoms with Crippen LogP contribution >= 0.6 is 0 Å². The van der Waals surface area contributed by atoms with Crippen LogP contribution in [0.15, 0.2) is 17.0 Å². The van der Waals surface area contributed by atoms with Crippen molar-refractivity contribution in [3.8, 4) is 5.75 Å². The largest absolute Gasteiger partial charge is 0.507 e. The molecule has 4 nitrogen and oxygen atoms in total. The Balaban J connectivity index is 2.15. The van der Waals surface area contributed by atoms with Gasteiger partial charge in [-0.25, -0.2) is 21.6 Å². The van der Waals surface area contributed by atoms with E-state index < -0.39 is 62.4 Å². The van der Waals surface area contributed by atoms with Crippen LogP contribution in [0.1, 0.15) is 51.0 Å². The molecule has 0 amide bonds. The predicted octanol–water partition coefficient (Wildman–Crippen LogP) is 5.29. The van der Waals surface area contributed by atoms with Crippen molar-refractivity contribution < 1.29 is 39.9 Å². The van der Waals surface area contributed by atoms with E-state index in [0.717, 1.165) is 12.8 Å². The molecule has 0 bridgehead atoms. The summed E-state index contributed by atoms with van der Waals surface area (Å²) in [4.78, 5) is 0.672. The molecule has 1 aliphatic heterocycles. The van der Waals surface area contributed by atoms with Crippen LogP contribution < -0.4 is 4.90 Å². The minimum Gasteiger partial charge on any atom is -0.507 e. The number of sulfone groups is 1. The second-order valence-electron chi connectivity index (χ2n) is 8.19. The summed E-state index contributed by atoms with van der Waals surface area (Å²) in [6.45, 7) is 0.346. The van der Waals surface area contributed by atoms with Gasteiger partial charge in [0.15, 0.2) is 0 Å². The van der Waals surface area contributed by atoms with Crippen molar-refractivity contribution in [2.75, 3.05) is 11.4 Å². The molecule has 1 heterocycles. The summed E-state index contributed by atoms with van der Waals surface area (Å²) in [5, 5.41) is 9.82. The van der Waals surface area contributed by atoms with Crippen LogP contribution in [0.3, 0.4) is 0 Å². The number of phenolic OH excluding ortho intramolecular Hbond substituents is 1. The molecular formula is C19H23F6NO3S. The average molecular weight is 459 g/mol. The van der Waals surface area contributed by atoms with Gasteiger partial charge in [-0.05, 0) is 32.3 Å². The highest BCUT2D eigenvalue weighted by molar-refractivity contribution is 7.92. The minimum absolute atomic E-state index is 0.295. The van der Waals surface area contributed by atoms with Gasteiger partial charge in [-0.2, -0.15) is 13.2 Å². The third-order valence-corrected chi connectivity index (χ3v) is 7.73. The van der Waals surface area contributed by atoms with E-state index in [4.69, 9.17) is 0 Å². The SMILES string of the molecule is CC(F)(F)CC[C@@H]1CN(C2CCCC2)c2cc(C(F)(F)F)c(O)cc2S(=O)(=O)[C@@H]1F. The monoisotopic (exact) mass is 459 g/mol. The van der Waals surface area contributed by atoms with Crippen LogP contribution in [0.25, 0.3) is 0 Å². The van der Waals surface area contributed by atoms with Crippen LogP contribution in [0.2, 0.25) is 0 Å². The number of hydrogen-bond donors (Lipinski definition) is 1. The third-order valence-electron chi connectivity index (χ3n) is 5.82. The number of hydrogen-bond acceptors (Lipinski definition) is 4. The van der Waals surface area contributed by atoms with E-state index in [1.54, 1.807) is 0 Å². The molecule has 0 radical (unpaired) electrons. The Morgan fingerprint density at radius 1 is 1.13 bits per heavy atom. The fourth-order valence-electron chi connectivity index (χ4n) is 4.27. The Kier molecular flexibility index (Phi) is 5.98. The van der Waals surface area contributed by atoms with E-state index in [2.05, 4.69) is 0 Å². The lowest BCUT2D eigenvalue weighted by Crippen LogP contribution is -2.39. The average Bonchev–Trinajstić information content (AvgIpc) is 3.11. The number of alkyl halides is 6. The molecule has 170 valence electrons. The first-order valence-corrected chi connectivity index (χ1v) is 11.2. The smallest absolute Gasteiger partial charge is 0.420 e. The van der Waals surface area contributed by atoms with Gasteiger partial charge >= 0.3 is 6.18 Å². The van der Waals surface area contributed by atoms with Gasteiger partial charge in [0.25, 0.3) is 0 Å². The Morgan fingerprint density at radius 2 is 1.73 bits per heavy atom. The van der Waals surface area contributed by atoms with Gasteiger partial charge in [0.2, 0.25) is 21.3 Å². The number of benzene rings is 1. The molecule has 2 aliphatic rings. The highest BCUT2D eigenvalue weighted by atomic mass is 32.2. The van der Waals surface area contributed by atoms with Crippen molar-refractivity contribution in [3.05, 3.63) is 17.7 Å². The van der Waals surface area contributed by atoms with Crippen molar-refractivity contribution in [2.24, 2.45) is 5.92 Å². The zero-order valence-electron chi connectivity index (χ0n) is 16.2. The zero-order valence-corrected chi connectivity index (χ0v) is 17.0. The molecule has 0 unspecified atom stereocenters. The van der Waals surface area contributed by atoms with E-state index in [1.165, 1.54) is 4.90 Å². The number of aromatic hydroxyl groups is 1. The van der Waals surface area contributed by atoms with E-state index in [0.29, 0.717) is 31.9 Å². The van der Waals surface area contributed by atoms with Crippen molar-refractivity contribution in [1.82, 2.24) is 0 Å². The first-order valence-electron chi connectivity index (χ1n) is 9.68. The van der Waals surface area contributed by atoms with Gasteiger partial charge in [-0.15, -0.1) is 0 Å². The number of nitrogens with zero attached hydrogens (tertiary/aromatic N) is 1. The number of halogens is 6. The van der Waals surface area contributed by atoms with E-state index >= 15 is 4.39 Å². The standard InChI is InChI=1S/C19H23F6NO3S/c1-18(21,22)7-6-11-10-26(12-4-2-3-5-12)14-8-13(19(23,24)25)15(27)9-16(14)30(28,29)17(11)20/h8-9,11-12,17,27H,2-7,10H2,1H3/t11-,17+/m1/s1. The molecule has 0 saturated heterocycles. The normalized spacial score (nSPS) is 25.2. The maximum Gasteiger partial charge on any atom is 0.420 e. The summed E-state index contributed by atoms with van der Waals surface area (Å²) in [5.74, 6) is -5.80.